The highest BCUT2D eigenvalue weighted by Crippen LogP contribution is 2.25. The molecule has 6 nitrogen and oxygen atoms in total. The van der Waals surface area contributed by atoms with Gasteiger partial charge in [-0.05, 0) is 45.0 Å². The Hall–Kier alpha value is -2.15. The summed E-state index contributed by atoms with van der Waals surface area (Å²) in [6, 6.07) is 7.51. The average Bonchev–Trinajstić information content (AvgIpc) is 2.62. The van der Waals surface area contributed by atoms with Crippen molar-refractivity contribution >= 4 is 21.2 Å². The predicted molar refractivity (Wildman–Crippen MR) is 99.8 cm³/mol. The molecule has 0 spiro atoms. The maximum atomic E-state index is 12.5. The van der Waals surface area contributed by atoms with E-state index < -0.39 is 14.6 Å². The highest BCUT2D eigenvalue weighted by atomic mass is 32.2. The Kier molecular flexibility index (Phi) is 4.69. The van der Waals surface area contributed by atoms with Crippen LogP contribution in [0.25, 0.3) is 0 Å². The Balaban J connectivity index is 1.69. The summed E-state index contributed by atoms with van der Waals surface area (Å²) in [7, 11) is -3.41. The predicted octanol–water partition coefficient (Wildman–Crippen LogP) is 2.38. The molecule has 3 rings (SSSR count). The number of hydrogen-bond donors (Lipinski definition) is 0. The van der Waals surface area contributed by atoms with Crippen LogP contribution in [0.15, 0.2) is 47.9 Å². The minimum atomic E-state index is -3.41. The second-order valence-corrected chi connectivity index (χ2v) is 9.80. The molecule has 25 heavy (non-hydrogen) atoms. The molecule has 2 aromatic rings. The van der Waals surface area contributed by atoms with Crippen LogP contribution in [0.4, 0.5) is 11.4 Å². The van der Waals surface area contributed by atoms with Crippen LogP contribution in [0.5, 0.6) is 0 Å². The zero-order valence-corrected chi connectivity index (χ0v) is 15.7. The van der Waals surface area contributed by atoms with Crippen molar-refractivity contribution in [2.45, 2.75) is 30.5 Å². The van der Waals surface area contributed by atoms with Gasteiger partial charge in [-0.3, -0.25) is 4.98 Å². The van der Waals surface area contributed by atoms with Crippen LogP contribution in [0, 0.1) is 0 Å². The van der Waals surface area contributed by atoms with Crippen molar-refractivity contribution in [3.8, 4) is 0 Å². The van der Waals surface area contributed by atoms with Crippen LogP contribution in [-0.4, -0.2) is 49.3 Å². The van der Waals surface area contributed by atoms with Crippen molar-refractivity contribution in [2.24, 2.45) is 0 Å². The number of pyridine rings is 2. The van der Waals surface area contributed by atoms with Crippen LogP contribution in [0.3, 0.4) is 0 Å². The van der Waals surface area contributed by atoms with Gasteiger partial charge in [0.05, 0.1) is 16.6 Å². The number of nitrogens with zero attached hydrogens (tertiary/aromatic N) is 4. The summed E-state index contributed by atoms with van der Waals surface area (Å²) in [5.41, 5.74) is 2.14. The first kappa shape index (κ1) is 17.7. The molecule has 1 aliphatic rings. The summed E-state index contributed by atoms with van der Waals surface area (Å²) in [6.45, 7) is 8.63. The molecule has 0 N–H and O–H groups in total. The van der Waals surface area contributed by atoms with Crippen molar-refractivity contribution in [3.05, 3.63) is 42.9 Å². The zero-order valence-electron chi connectivity index (χ0n) is 14.9. The maximum absolute atomic E-state index is 12.5. The number of rotatable bonds is 3. The maximum Gasteiger partial charge on any atom is 0.200 e. The SMILES string of the molecule is CC(C)(C)S(=O)(=O)c1ccc(N2CCN(c3ccncc3)CC2)cn1. The van der Waals surface area contributed by atoms with Crippen molar-refractivity contribution in [2.75, 3.05) is 36.0 Å². The van der Waals surface area contributed by atoms with Gasteiger partial charge in [0.2, 0.25) is 0 Å². The zero-order chi connectivity index (χ0) is 18.1. The van der Waals surface area contributed by atoms with Crippen molar-refractivity contribution in [1.82, 2.24) is 9.97 Å². The molecule has 0 amide bonds. The number of aromatic nitrogens is 2. The van der Waals surface area contributed by atoms with Crippen molar-refractivity contribution in [3.63, 3.8) is 0 Å². The fourth-order valence-electron chi connectivity index (χ4n) is 2.81. The average molecular weight is 360 g/mol. The van der Waals surface area contributed by atoms with E-state index in [9.17, 15) is 8.42 Å². The van der Waals surface area contributed by atoms with E-state index in [1.807, 2.05) is 18.2 Å². The minimum absolute atomic E-state index is 0.138. The molecule has 7 heteroatoms. The summed E-state index contributed by atoms with van der Waals surface area (Å²) in [6.07, 6.45) is 5.28. The standard InChI is InChI=1S/C18H24N4O2S/c1-18(2,3)25(23,24)17-5-4-16(14-20-17)22-12-10-21(11-13-22)15-6-8-19-9-7-15/h4-9,14H,10-13H2,1-3H3. The van der Waals surface area contributed by atoms with E-state index in [2.05, 4.69) is 19.8 Å². The van der Waals surface area contributed by atoms with Gasteiger partial charge in [-0.15, -0.1) is 0 Å². The molecule has 0 radical (unpaired) electrons. The monoisotopic (exact) mass is 360 g/mol. The summed E-state index contributed by atoms with van der Waals surface area (Å²) in [4.78, 5) is 12.8. The smallest absolute Gasteiger partial charge is 0.200 e. The third-order valence-electron chi connectivity index (χ3n) is 4.47. The molecule has 134 valence electrons. The second kappa shape index (κ2) is 6.63. The Morgan fingerprint density at radius 3 is 1.92 bits per heavy atom. The molecule has 1 saturated heterocycles. The van der Waals surface area contributed by atoms with Crippen LogP contribution in [-0.2, 0) is 9.84 Å². The normalized spacial score (nSPS) is 16.1. The van der Waals surface area contributed by atoms with E-state index in [1.54, 1.807) is 45.4 Å². The first-order valence-corrected chi connectivity index (χ1v) is 9.88. The largest absolute Gasteiger partial charge is 0.368 e. The fourth-order valence-corrected chi connectivity index (χ4v) is 3.88. The highest BCUT2D eigenvalue weighted by molar-refractivity contribution is 7.92. The van der Waals surface area contributed by atoms with Gasteiger partial charge in [0.25, 0.3) is 0 Å². The lowest BCUT2D eigenvalue weighted by molar-refractivity contribution is 0.556. The molecular formula is C18H24N4O2S. The van der Waals surface area contributed by atoms with Gasteiger partial charge in [0.15, 0.2) is 14.9 Å². The lowest BCUT2D eigenvalue weighted by Crippen LogP contribution is -2.46. The molecule has 0 atom stereocenters. The number of piperazine rings is 1. The van der Waals surface area contributed by atoms with Crippen molar-refractivity contribution < 1.29 is 8.42 Å². The summed E-state index contributed by atoms with van der Waals surface area (Å²) < 4.78 is 24.1. The van der Waals surface area contributed by atoms with Gasteiger partial charge in [0.1, 0.15) is 0 Å². The van der Waals surface area contributed by atoms with Gasteiger partial charge in [-0.25, -0.2) is 13.4 Å². The Morgan fingerprint density at radius 2 is 1.44 bits per heavy atom. The van der Waals surface area contributed by atoms with E-state index in [4.69, 9.17) is 0 Å². The first-order chi connectivity index (χ1) is 11.8. The van der Waals surface area contributed by atoms with Gasteiger partial charge in [-0.2, -0.15) is 0 Å². The first-order valence-electron chi connectivity index (χ1n) is 8.40. The molecule has 0 bridgehead atoms. The third kappa shape index (κ3) is 3.61. The van der Waals surface area contributed by atoms with E-state index in [0.29, 0.717) is 0 Å². The van der Waals surface area contributed by atoms with Gasteiger partial charge < -0.3 is 9.80 Å². The lowest BCUT2D eigenvalue weighted by Gasteiger charge is -2.37. The molecule has 0 aliphatic carbocycles. The molecule has 0 unspecified atom stereocenters. The summed E-state index contributed by atoms with van der Waals surface area (Å²) in [5, 5.41) is 0.138. The molecule has 0 aromatic carbocycles. The lowest BCUT2D eigenvalue weighted by atomic mass is 10.2. The second-order valence-electron chi connectivity index (χ2n) is 7.15. The Morgan fingerprint density at radius 1 is 0.880 bits per heavy atom. The third-order valence-corrected chi connectivity index (χ3v) is 6.88. The van der Waals surface area contributed by atoms with Gasteiger partial charge >= 0.3 is 0 Å². The Labute approximate surface area is 149 Å². The quantitative estimate of drug-likeness (QED) is 0.837. The van der Waals surface area contributed by atoms with Crippen molar-refractivity contribution in [1.29, 1.82) is 0 Å². The summed E-state index contributed by atoms with van der Waals surface area (Å²) in [5.74, 6) is 0. The molecule has 3 heterocycles. The minimum Gasteiger partial charge on any atom is -0.368 e. The van der Waals surface area contributed by atoms with Crippen LogP contribution < -0.4 is 9.80 Å². The number of sulfone groups is 1. The molecular weight excluding hydrogens is 336 g/mol. The van der Waals surface area contributed by atoms with E-state index in [0.717, 1.165) is 31.9 Å². The fraction of sp³-hybridized carbons (Fsp3) is 0.444. The van der Waals surface area contributed by atoms with Gasteiger partial charge in [0, 0.05) is 44.3 Å². The summed E-state index contributed by atoms with van der Waals surface area (Å²) >= 11 is 0. The van der Waals surface area contributed by atoms with E-state index >= 15 is 0 Å². The Bertz CT molecular complexity index is 806. The number of anilines is 2. The van der Waals surface area contributed by atoms with E-state index in [1.165, 1.54) is 5.69 Å². The molecule has 2 aromatic heterocycles. The molecule has 1 fully saturated rings. The van der Waals surface area contributed by atoms with E-state index in [-0.39, 0.29) is 5.03 Å². The van der Waals surface area contributed by atoms with Crippen LogP contribution in [0.1, 0.15) is 20.8 Å². The van der Waals surface area contributed by atoms with Gasteiger partial charge in [-0.1, -0.05) is 0 Å². The molecule has 0 saturated carbocycles. The highest BCUT2D eigenvalue weighted by Gasteiger charge is 2.32. The van der Waals surface area contributed by atoms with Crippen LogP contribution >= 0.6 is 0 Å². The van der Waals surface area contributed by atoms with Crippen LogP contribution in [0.2, 0.25) is 0 Å². The number of hydrogen-bond acceptors (Lipinski definition) is 6. The topological polar surface area (TPSA) is 66.4 Å². The molecule has 1 aliphatic heterocycles.